The number of hydrogen-bond acceptors (Lipinski definition) is 3. The van der Waals surface area contributed by atoms with Crippen LogP contribution in [0.2, 0.25) is 0 Å². The van der Waals surface area contributed by atoms with Gasteiger partial charge in [0.05, 0.1) is 5.60 Å². The van der Waals surface area contributed by atoms with E-state index in [1.165, 1.54) is 15.0 Å². The third kappa shape index (κ3) is 2.23. The molecule has 0 radical (unpaired) electrons. The van der Waals surface area contributed by atoms with Gasteiger partial charge in [0.15, 0.2) is 0 Å². The maximum Gasteiger partial charge on any atom is 0.105 e. The molecule has 2 aromatic rings. The third-order valence-electron chi connectivity index (χ3n) is 3.10. The summed E-state index contributed by atoms with van der Waals surface area (Å²) in [5.41, 5.74) is -0.0703. The van der Waals surface area contributed by atoms with Crippen molar-refractivity contribution in [3.63, 3.8) is 0 Å². The molecule has 1 aromatic carbocycles. The van der Waals surface area contributed by atoms with E-state index >= 15 is 0 Å². The second-order valence-electron chi connectivity index (χ2n) is 5.18. The van der Waals surface area contributed by atoms with Crippen LogP contribution < -0.4 is 5.32 Å². The van der Waals surface area contributed by atoms with Gasteiger partial charge < -0.3 is 10.1 Å². The lowest BCUT2D eigenvalue weighted by molar-refractivity contribution is -0.0944. The molecule has 17 heavy (non-hydrogen) atoms. The number of thiophene rings is 1. The Hall–Kier alpha value is -0.900. The predicted molar refractivity (Wildman–Crippen MR) is 72.6 cm³/mol. The number of morpholine rings is 1. The lowest BCUT2D eigenvalue weighted by Crippen LogP contribution is -2.46. The van der Waals surface area contributed by atoms with E-state index in [0.29, 0.717) is 0 Å². The van der Waals surface area contributed by atoms with E-state index in [1.807, 2.05) is 11.3 Å². The molecular weight excluding hydrogens is 230 g/mol. The van der Waals surface area contributed by atoms with Gasteiger partial charge in [-0.15, -0.1) is 11.3 Å². The molecule has 0 amide bonds. The number of nitrogens with one attached hydrogen (secondary N) is 1. The van der Waals surface area contributed by atoms with E-state index in [1.54, 1.807) is 0 Å². The smallest absolute Gasteiger partial charge is 0.105 e. The van der Waals surface area contributed by atoms with Crippen molar-refractivity contribution in [1.82, 2.24) is 5.32 Å². The molecule has 2 heterocycles. The number of rotatable bonds is 1. The summed E-state index contributed by atoms with van der Waals surface area (Å²) in [7, 11) is 0. The van der Waals surface area contributed by atoms with Crippen molar-refractivity contribution in [1.29, 1.82) is 0 Å². The summed E-state index contributed by atoms with van der Waals surface area (Å²) in [4.78, 5) is 1.33. The van der Waals surface area contributed by atoms with Gasteiger partial charge in [0.2, 0.25) is 0 Å². The number of ether oxygens (including phenoxy) is 1. The van der Waals surface area contributed by atoms with Crippen LogP contribution in [0.4, 0.5) is 0 Å². The lowest BCUT2D eigenvalue weighted by Gasteiger charge is -2.36. The number of fused-ring (bicyclic) bond motifs is 1. The summed E-state index contributed by atoms with van der Waals surface area (Å²) in [5, 5.41) is 4.77. The molecule has 1 unspecified atom stereocenters. The van der Waals surface area contributed by atoms with E-state index in [2.05, 4.69) is 49.5 Å². The van der Waals surface area contributed by atoms with Crippen LogP contribution in [0.5, 0.6) is 0 Å². The maximum atomic E-state index is 6.14. The van der Waals surface area contributed by atoms with Gasteiger partial charge in [-0.05, 0) is 31.4 Å². The largest absolute Gasteiger partial charge is 0.364 e. The zero-order chi connectivity index (χ0) is 11.9. The fourth-order valence-corrected chi connectivity index (χ4v) is 3.39. The molecule has 1 N–H and O–H groups in total. The maximum absolute atomic E-state index is 6.14. The number of benzene rings is 1. The fraction of sp³-hybridized carbons (Fsp3) is 0.429. The Labute approximate surface area is 106 Å². The third-order valence-corrected chi connectivity index (χ3v) is 4.31. The SMILES string of the molecule is CC1(C)CNCC(c2cc3ccccc3s2)O1. The highest BCUT2D eigenvalue weighted by Gasteiger charge is 2.29. The molecule has 2 nitrogen and oxygen atoms in total. The van der Waals surface area contributed by atoms with E-state index in [4.69, 9.17) is 4.74 Å². The molecule has 1 aliphatic heterocycles. The summed E-state index contributed by atoms with van der Waals surface area (Å²) in [5.74, 6) is 0. The normalized spacial score (nSPS) is 24.0. The predicted octanol–water partition coefficient (Wildman–Crippen LogP) is 3.34. The van der Waals surface area contributed by atoms with Crippen LogP contribution in [0.25, 0.3) is 10.1 Å². The van der Waals surface area contributed by atoms with Gasteiger partial charge in [-0.3, -0.25) is 0 Å². The minimum absolute atomic E-state index is 0.0703. The van der Waals surface area contributed by atoms with Crippen LogP contribution in [0.1, 0.15) is 24.8 Å². The molecule has 1 aliphatic rings. The van der Waals surface area contributed by atoms with Crippen LogP contribution in [-0.2, 0) is 4.74 Å². The Morgan fingerprint density at radius 2 is 2.18 bits per heavy atom. The Kier molecular flexibility index (Phi) is 2.69. The van der Waals surface area contributed by atoms with Gasteiger partial charge in [-0.1, -0.05) is 18.2 Å². The first kappa shape index (κ1) is 11.2. The Morgan fingerprint density at radius 3 is 2.94 bits per heavy atom. The van der Waals surface area contributed by atoms with Gasteiger partial charge in [-0.2, -0.15) is 0 Å². The van der Waals surface area contributed by atoms with Gasteiger partial charge in [0.1, 0.15) is 6.10 Å². The minimum atomic E-state index is -0.0703. The lowest BCUT2D eigenvalue weighted by atomic mass is 10.1. The van der Waals surface area contributed by atoms with Crippen LogP contribution in [-0.4, -0.2) is 18.7 Å². The highest BCUT2D eigenvalue weighted by molar-refractivity contribution is 7.19. The van der Waals surface area contributed by atoms with Crippen molar-refractivity contribution in [2.75, 3.05) is 13.1 Å². The molecule has 1 saturated heterocycles. The highest BCUT2D eigenvalue weighted by atomic mass is 32.1. The van der Waals surface area contributed by atoms with Crippen LogP contribution in [0.15, 0.2) is 30.3 Å². The second kappa shape index (κ2) is 4.09. The monoisotopic (exact) mass is 247 g/mol. The highest BCUT2D eigenvalue weighted by Crippen LogP contribution is 2.34. The average molecular weight is 247 g/mol. The molecule has 0 aliphatic carbocycles. The molecule has 1 aromatic heterocycles. The van der Waals surface area contributed by atoms with Crippen molar-refractivity contribution >= 4 is 21.4 Å². The summed E-state index contributed by atoms with van der Waals surface area (Å²) in [6, 6.07) is 10.8. The Bertz CT molecular complexity index is 499. The zero-order valence-corrected chi connectivity index (χ0v) is 11.0. The van der Waals surface area contributed by atoms with E-state index in [0.717, 1.165) is 13.1 Å². The molecular formula is C14H17NOS. The van der Waals surface area contributed by atoms with Crippen molar-refractivity contribution in [2.45, 2.75) is 25.6 Å². The van der Waals surface area contributed by atoms with Crippen molar-refractivity contribution < 1.29 is 4.74 Å². The fourth-order valence-electron chi connectivity index (χ4n) is 2.29. The molecule has 90 valence electrons. The first-order chi connectivity index (χ1) is 8.14. The van der Waals surface area contributed by atoms with Crippen LogP contribution >= 0.6 is 11.3 Å². The average Bonchev–Trinajstić information content (AvgIpc) is 2.71. The Morgan fingerprint density at radius 1 is 1.35 bits per heavy atom. The first-order valence-corrected chi connectivity index (χ1v) is 6.83. The van der Waals surface area contributed by atoms with E-state index in [-0.39, 0.29) is 11.7 Å². The molecule has 3 heteroatoms. The van der Waals surface area contributed by atoms with Crippen LogP contribution in [0, 0.1) is 0 Å². The standard InChI is InChI=1S/C14H17NOS/c1-14(2)9-15-8-11(16-14)13-7-10-5-3-4-6-12(10)17-13/h3-7,11,15H,8-9H2,1-2H3. The van der Waals surface area contributed by atoms with Gasteiger partial charge in [-0.25, -0.2) is 0 Å². The van der Waals surface area contributed by atoms with Gasteiger partial charge >= 0.3 is 0 Å². The molecule has 0 spiro atoms. The first-order valence-electron chi connectivity index (χ1n) is 6.01. The molecule has 1 atom stereocenters. The molecule has 0 saturated carbocycles. The molecule has 0 bridgehead atoms. The van der Waals surface area contributed by atoms with Gasteiger partial charge in [0, 0.05) is 22.7 Å². The zero-order valence-electron chi connectivity index (χ0n) is 10.2. The number of hydrogen-bond donors (Lipinski definition) is 1. The van der Waals surface area contributed by atoms with Crippen molar-refractivity contribution in [2.24, 2.45) is 0 Å². The van der Waals surface area contributed by atoms with E-state index < -0.39 is 0 Å². The topological polar surface area (TPSA) is 21.3 Å². The van der Waals surface area contributed by atoms with E-state index in [9.17, 15) is 0 Å². The summed E-state index contributed by atoms with van der Waals surface area (Å²) in [6.45, 7) is 6.11. The molecule has 1 fully saturated rings. The van der Waals surface area contributed by atoms with Gasteiger partial charge in [0.25, 0.3) is 0 Å². The van der Waals surface area contributed by atoms with Crippen molar-refractivity contribution in [3.8, 4) is 0 Å². The summed E-state index contributed by atoms with van der Waals surface area (Å²) >= 11 is 1.84. The van der Waals surface area contributed by atoms with Crippen LogP contribution in [0.3, 0.4) is 0 Å². The minimum Gasteiger partial charge on any atom is -0.364 e. The summed E-state index contributed by atoms with van der Waals surface area (Å²) < 4.78 is 7.48. The quantitative estimate of drug-likeness (QED) is 0.834. The van der Waals surface area contributed by atoms with Crippen molar-refractivity contribution in [3.05, 3.63) is 35.2 Å². The second-order valence-corrected chi connectivity index (χ2v) is 6.30. The molecule has 3 rings (SSSR count). The Balaban J connectivity index is 1.93. The summed E-state index contributed by atoms with van der Waals surface area (Å²) in [6.07, 6.45) is 0.191.